The van der Waals surface area contributed by atoms with Crippen molar-refractivity contribution in [1.82, 2.24) is 5.32 Å². The van der Waals surface area contributed by atoms with Crippen LogP contribution in [0.4, 0.5) is 0 Å². The van der Waals surface area contributed by atoms with Gasteiger partial charge in [-0.2, -0.15) is 0 Å². The lowest BCUT2D eigenvalue weighted by atomic mass is 9.98. The fourth-order valence-electron chi connectivity index (χ4n) is 1.14. The maximum atomic E-state index is 5.53. The van der Waals surface area contributed by atoms with Crippen molar-refractivity contribution in [1.29, 1.82) is 0 Å². The number of halogens is 1. The lowest BCUT2D eigenvalue weighted by molar-refractivity contribution is 0.370. The van der Waals surface area contributed by atoms with Crippen molar-refractivity contribution in [3.05, 3.63) is 22.1 Å². The quantitative estimate of drug-likeness (QED) is 0.887. The molecule has 0 aliphatic heterocycles. The number of likely N-dealkylation sites (N-methyl/N-ethyl adjacent to an activating group) is 1. The maximum Gasteiger partial charge on any atom is 0.169 e. The van der Waals surface area contributed by atoms with Crippen LogP contribution in [0.2, 0.25) is 0 Å². The fraction of sp³-hybridized carbons (Fsp3) is 0.600. The minimum Gasteiger partial charge on any atom is -0.454 e. The molecule has 0 spiro atoms. The molecule has 74 valence electrons. The number of nitrogens with one attached hydrogen (secondary N) is 1. The molecule has 0 unspecified atom stereocenters. The Hall–Kier alpha value is -0.280. The highest BCUT2D eigenvalue weighted by Gasteiger charge is 2.19. The van der Waals surface area contributed by atoms with E-state index in [4.69, 9.17) is 4.42 Å². The molecule has 0 saturated heterocycles. The van der Waals surface area contributed by atoms with Crippen molar-refractivity contribution in [3.63, 3.8) is 0 Å². The molecule has 3 heteroatoms. The molecule has 0 amide bonds. The van der Waals surface area contributed by atoms with Crippen LogP contribution >= 0.6 is 15.9 Å². The minimum absolute atomic E-state index is 0.0854. The average molecular weight is 246 g/mol. The summed E-state index contributed by atoms with van der Waals surface area (Å²) in [5, 5.41) is 3.25. The first-order chi connectivity index (χ1) is 5.94. The molecule has 2 nitrogen and oxygen atoms in total. The predicted octanol–water partition coefficient (Wildman–Crippen LogP) is 2.89. The number of aryl methyl sites for hydroxylation is 1. The summed E-state index contributed by atoms with van der Waals surface area (Å²) in [7, 11) is 1.97. The summed E-state index contributed by atoms with van der Waals surface area (Å²) in [4.78, 5) is 0. The maximum absolute atomic E-state index is 5.53. The molecule has 0 aromatic carbocycles. The Bertz CT molecular complexity index is 291. The SMILES string of the molecule is CNC(C)(C)Cc1oc(Br)cc1C. The first-order valence-electron chi connectivity index (χ1n) is 4.38. The second-order valence-corrected chi connectivity index (χ2v) is 4.75. The van der Waals surface area contributed by atoms with Crippen molar-refractivity contribution in [2.45, 2.75) is 32.7 Å². The van der Waals surface area contributed by atoms with E-state index >= 15 is 0 Å². The third kappa shape index (κ3) is 2.85. The number of furan rings is 1. The highest BCUT2D eigenvalue weighted by atomic mass is 79.9. The summed E-state index contributed by atoms with van der Waals surface area (Å²) >= 11 is 3.33. The molecule has 0 aliphatic carbocycles. The van der Waals surface area contributed by atoms with Gasteiger partial charge in [0.25, 0.3) is 0 Å². The molecule has 1 heterocycles. The highest BCUT2D eigenvalue weighted by molar-refractivity contribution is 9.10. The molecule has 0 bridgehead atoms. The van der Waals surface area contributed by atoms with Gasteiger partial charge in [0.15, 0.2) is 4.67 Å². The van der Waals surface area contributed by atoms with E-state index in [1.165, 1.54) is 5.56 Å². The Morgan fingerprint density at radius 1 is 1.54 bits per heavy atom. The van der Waals surface area contributed by atoms with Crippen LogP contribution in [0, 0.1) is 6.92 Å². The molecule has 0 atom stereocenters. The van der Waals surface area contributed by atoms with E-state index in [1.807, 2.05) is 13.1 Å². The van der Waals surface area contributed by atoms with Crippen LogP contribution < -0.4 is 5.32 Å². The number of rotatable bonds is 3. The van der Waals surface area contributed by atoms with Gasteiger partial charge in [-0.25, -0.2) is 0 Å². The van der Waals surface area contributed by atoms with Crippen LogP contribution in [0.5, 0.6) is 0 Å². The summed E-state index contributed by atoms with van der Waals surface area (Å²) in [6.45, 7) is 6.38. The lowest BCUT2D eigenvalue weighted by Crippen LogP contribution is -2.38. The zero-order valence-electron chi connectivity index (χ0n) is 8.57. The van der Waals surface area contributed by atoms with Crippen LogP contribution in [0.3, 0.4) is 0 Å². The monoisotopic (exact) mass is 245 g/mol. The largest absolute Gasteiger partial charge is 0.454 e. The van der Waals surface area contributed by atoms with Crippen LogP contribution in [0.25, 0.3) is 0 Å². The second-order valence-electron chi connectivity index (χ2n) is 3.97. The molecule has 1 aromatic heterocycles. The van der Waals surface area contributed by atoms with Crippen LogP contribution in [-0.4, -0.2) is 12.6 Å². The molecule has 0 saturated carbocycles. The molecule has 0 aliphatic rings. The third-order valence-electron chi connectivity index (χ3n) is 2.27. The van der Waals surface area contributed by atoms with Gasteiger partial charge in [0, 0.05) is 12.0 Å². The van der Waals surface area contributed by atoms with Gasteiger partial charge in [-0.05, 0) is 55.4 Å². The van der Waals surface area contributed by atoms with Crippen LogP contribution in [0.15, 0.2) is 15.2 Å². The van der Waals surface area contributed by atoms with Crippen molar-refractivity contribution >= 4 is 15.9 Å². The Morgan fingerprint density at radius 2 is 2.15 bits per heavy atom. The molecule has 1 aromatic rings. The number of hydrogen-bond acceptors (Lipinski definition) is 2. The highest BCUT2D eigenvalue weighted by Crippen LogP contribution is 2.23. The first kappa shape index (κ1) is 10.8. The molecule has 13 heavy (non-hydrogen) atoms. The molecule has 0 radical (unpaired) electrons. The van der Waals surface area contributed by atoms with Crippen molar-refractivity contribution in [3.8, 4) is 0 Å². The average Bonchev–Trinajstić information content (AvgIpc) is 2.30. The van der Waals surface area contributed by atoms with Gasteiger partial charge < -0.3 is 9.73 Å². The summed E-state index contributed by atoms with van der Waals surface area (Å²) in [5.74, 6) is 1.05. The standard InChI is InChI=1S/C10H16BrNO/c1-7-5-9(11)13-8(7)6-10(2,3)12-4/h5,12H,6H2,1-4H3. The van der Waals surface area contributed by atoms with Crippen LogP contribution in [0.1, 0.15) is 25.2 Å². The molecule has 1 rings (SSSR count). The molecular weight excluding hydrogens is 230 g/mol. The van der Waals surface area contributed by atoms with Gasteiger partial charge in [0.1, 0.15) is 5.76 Å². The zero-order valence-corrected chi connectivity index (χ0v) is 10.2. The molecular formula is C10H16BrNO. The number of hydrogen-bond donors (Lipinski definition) is 1. The van der Waals surface area contributed by atoms with Gasteiger partial charge in [-0.3, -0.25) is 0 Å². The van der Waals surface area contributed by atoms with E-state index in [0.717, 1.165) is 16.9 Å². The Kier molecular flexibility index (Phi) is 3.19. The van der Waals surface area contributed by atoms with Gasteiger partial charge in [0.2, 0.25) is 0 Å². The van der Waals surface area contributed by atoms with Gasteiger partial charge in [-0.1, -0.05) is 0 Å². The molecule has 1 N–H and O–H groups in total. The normalized spacial score (nSPS) is 12.1. The van der Waals surface area contributed by atoms with Crippen molar-refractivity contribution < 1.29 is 4.42 Å². The van der Waals surface area contributed by atoms with E-state index in [1.54, 1.807) is 0 Å². The second kappa shape index (κ2) is 3.84. The van der Waals surface area contributed by atoms with E-state index in [9.17, 15) is 0 Å². The van der Waals surface area contributed by atoms with E-state index < -0.39 is 0 Å². The smallest absolute Gasteiger partial charge is 0.169 e. The van der Waals surface area contributed by atoms with Crippen LogP contribution in [-0.2, 0) is 6.42 Å². The van der Waals surface area contributed by atoms with Gasteiger partial charge in [-0.15, -0.1) is 0 Å². The summed E-state index contributed by atoms with van der Waals surface area (Å²) in [6.07, 6.45) is 0.904. The lowest BCUT2D eigenvalue weighted by Gasteiger charge is -2.22. The van der Waals surface area contributed by atoms with Gasteiger partial charge >= 0.3 is 0 Å². The zero-order chi connectivity index (χ0) is 10.1. The van der Waals surface area contributed by atoms with E-state index in [0.29, 0.717) is 0 Å². The topological polar surface area (TPSA) is 25.2 Å². The molecule has 0 fully saturated rings. The third-order valence-corrected chi connectivity index (χ3v) is 2.66. The van der Waals surface area contributed by atoms with Crippen molar-refractivity contribution in [2.24, 2.45) is 0 Å². The van der Waals surface area contributed by atoms with Gasteiger partial charge in [0.05, 0.1) is 0 Å². The summed E-state index contributed by atoms with van der Waals surface area (Å²) in [5.41, 5.74) is 1.29. The predicted molar refractivity (Wildman–Crippen MR) is 58.0 cm³/mol. The van der Waals surface area contributed by atoms with Crippen molar-refractivity contribution in [2.75, 3.05) is 7.05 Å². The Balaban J connectivity index is 2.79. The fourth-order valence-corrected chi connectivity index (χ4v) is 1.68. The van der Waals surface area contributed by atoms with E-state index in [-0.39, 0.29) is 5.54 Å². The summed E-state index contributed by atoms with van der Waals surface area (Å²) in [6, 6.07) is 2.00. The Labute approximate surface area is 87.8 Å². The first-order valence-corrected chi connectivity index (χ1v) is 5.17. The van der Waals surface area contributed by atoms with E-state index in [2.05, 4.69) is 42.0 Å². The Morgan fingerprint density at radius 3 is 2.54 bits per heavy atom. The summed E-state index contributed by atoms with van der Waals surface area (Å²) < 4.78 is 6.34. The minimum atomic E-state index is 0.0854.